The summed E-state index contributed by atoms with van der Waals surface area (Å²) in [6, 6.07) is 9.37. The van der Waals surface area contributed by atoms with Crippen molar-refractivity contribution in [3.05, 3.63) is 84.2 Å². The van der Waals surface area contributed by atoms with Crippen LogP contribution < -0.4 is 15.5 Å². The van der Waals surface area contributed by atoms with Gasteiger partial charge in [0.15, 0.2) is 11.6 Å². The van der Waals surface area contributed by atoms with Crippen LogP contribution in [0.15, 0.2) is 61.1 Å². The van der Waals surface area contributed by atoms with Crippen molar-refractivity contribution >= 4 is 28.3 Å². The van der Waals surface area contributed by atoms with Gasteiger partial charge in [-0.15, -0.1) is 0 Å². The SMILES string of the molecule is Cn1c(-c2ccncc2F)nc2c(N3CCNCC3CO)c(NC(=O)c3ccnc(-c4c(F)cccc4F)n3)ccc21. The molecule has 1 saturated heterocycles. The number of benzene rings is 2. The number of rotatable bonds is 6. The van der Waals surface area contributed by atoms with E-state index in [4.69, 9.17) is 4.98 Å². The van der Waals surface area contributed by atoms with Crippen molar-refractivity contribution in [1.82, 2.24) is 29.8 Å². The molecule has 13 heteroatoms. The first kappa shape index (κ1) is 27.3. The van der Waals surface area contributed by atoms with Crippen LogP contribution in [-0.4, -0.2) is 67.8 Å². The number of imidazole rings is 1. The zero-order valence-corrected chi connectivity index (χ0v) is 22.4. The third-order valence-electron chi connectivity index (χ3n) is 7.21. The predicted molar refractivity (Wildman–Crippen MR) is 150 cm³/mol. The highest BCUT2D eigenvalue weighted by Crippen LogP contribution is 2.38. The highest BCUT2D eigenvalue weighted by molar-refractivity contribution is 6.08. The molecule has 1 fully saturated rings. The normalized spacial score (nSPS) is 15.3. The Morgan fingerprint density at radius 3 is 2.64 bits per heavy atom. The van der Waals surface area contributed by atoms with Gasteiger partial charge in [-0.05, 0) is 36.4 Å². The van der Waals surface area contributed by atoms with Gasteiger partial charge in [0.1, 0.15) is 28.7 Å². The standard InChI is InChI=1S/C29H25F3N8O2/c1-39-23-6-5-21(37-29(42)22-8-10-35-27(36-22)24-18(30)3-2-4-19(24)31)26(40-12-11-34-13-16(40)15-41)25(23)38-28(39)17-7-9-33-14-20(17)32/h2-10,14,16,34,41H,11-13,15H2,1H3,(H,37,42). The van der Waals surface area contributed by atoms with Crippen LogP contribution >= 0.6 is 0 Å². The number of anilines is 2. The van der Waals surface area contributed by atoms with Crippen LogP contribution in [-0.2, 0) is 7.05 Å². The number of pyridine rings is 1. The lowest BCUT2D eigenvalue weighted by Gasteiger charge is -2.38. The molecular formula is C29H25F3N8O2. The number of aromatic nitrogens is 5. The molecule has 0 radical (unpaired) electrons. The third-order valence-corrected chi connectivity index (χ3v) is 7.21. The van der Waals surface area contributed by atoms with Crippen LogP contribution in [0.4, 0.5) is 24.5 Å². The number of carbonyl (C=O) groups is 1. The summed E-state index contributed by atoms with van der Waals surface area (Å²) in [5.41, 5.74) is 1.76. The summed E-state index contributed by atoms with van der Waals surface area (Å²) in [5, 5.41) is 16.3. The van der Waals surface area contributed by atoms with E-state index >= 15 is 0 Å². The van der Waals surface area contributed by atoms with Crippen molar-refractivity contribution in [2.45, 2.75) is 6.04 Å². The number of hydrogen-bond donors (Lipinski definition) is 3. The number of halogens is 3. The number of carbonyl (C=O) groups excluding carboxylic acids is 1. The summed E-state index contributed by atoms with van der Waals surface area (Å²) in [6.07, 6.45) is 3.84. The molecule has 2 aromatic carbocycles. The summed E-state index contributed by atoms with van der Waals surface area (Å²) < 4.78 is 45.2. The minimum Gasteiger partial charge on any atom is -0.394 e. The number of aliphatic hydroxyl groups excluding tert-OH is 1. The second-order valence-corrected chi connectivity index (χ2v) is 9.73. The molecule has 0 aliphatic carbocycles. The molecule has 3 aromatic heterocycles. The molecule has 5 aromatic rings. The van der Waals surface area contributed by atoms with Gasteiger partial charge in [0.25, 0.3) is 5.91 Å². The van der Waals surface area contributed by atoms with Crippen LogP contribution in [0.3, 0.4) is 0 Å². The Balaban J connectivity index is 1.45. The van der Waals surface area contributed by atoms with Crippen molar-refractivity contribution in [2.75, 3.05) is 36.5 Å². The van der Waals surface area contributed by atoms with Gasteiger partial charge in [-0.25, -0.2) is 28.1 Å². The molecule has 1 aliphatic heterocycles. The van der Waals surface area contributed by atoms with Crippen LogP contribution in [0.1, 0.15) is 10.5 Å². The van der Waals surface area contributed by atoms with Gasteiger partial charge in [0.2, 0.25) is 0 Å². The van der Waals surface area contributed by atoms with E-state index in [9.17, 15) is 23.1 Å². The summed E-state index contributed by atoms with van der Waals surface area (Å²) >= 11 is 0. The highest BCUT2D eigenvalue weighted by atomic mass is 19.1. The Hall–Kier alpha value is -4.88. The third kappa shape index (κ3) is 4.82. The van der Waals surface area contributed by atoms with Gasteiger partial charge in [-0.1, -0.05) is 6.07 Å². The van der Waals surface area contributed by atoms with Crippen molar-refractivity contribution in [3.8, 4) is 22.8 Å². The van der Waals surface area contributed by atoms with Gasteiger partial charge in [-0.2, -0.15) is 0 Å². The molecule has 1 amide bonds. The minimum atomic E-state index is -0.856. The topological polar surface area (TPSA) is 121 Å². The Morgan fingerprint density at radius 2 is 1.88 bits per heavy atom. The summed E-state index contributed by atoms with van der Waals surface area (Å²) in [4.78, 5) is 32.1. The van der Waals surface area contributed by atoms with Gasteiger partial charge < -0.3 is 25.2 Å². The number of piperazine rings is 1. The van der Waals surface area contributed by atoms with E-state index in [0.29, 0.717) is 47.9 Å². The first-order valence-electron chi connectivity index (χ1n) is 13.1. The first-order valence-corrected chi connectivity index (χ1v) is 13.1. The molecule has 1 atom stereocenters. The number of aryl methyl sites for hydroxylation is 1. The van der Waals surface area contributed by atoms with Gasteiger partial charge in [-0.3, -0.25) is 9.78 Å². The lowest BCUT2D eigenvalue weighted by molar-refractivity contribution is 0.102. The average molecular weight is 575 g/mol. The zero-order valence-electron chi connectivity index (χ0n) is 22.4. The quantitative estimate of drug-likeness (QED) is 0.282. The second-order valence-electron chi connectivity index (χ2n) is 9.73. The van der Waals surface area contributed by atoms with Crippen LogP contribution in [0.5, 0.6) is 0 Å². The molecule has 0 spiro atoms. The average Bonchev–Trinajstić information content (AvgIpc) is 3.33. The molecule has 0 saturated carbocycles. The smallest absolute Gasteiger partial charge is 0.274 e. The minimum absolute atomic E-state index is 0.117. The van der Waals surface area contributed by atoms with Crippen molar-refractivity contribution < 1.29 is 23.1 Å². The summed E-state index contributed by atoms with van der Waals surface area (Å²) in [7, 11) is 1.76. The van der Waals surface area contributed by atoms with E-state index in [-0.39, 0.29) is 29.7 Å². The molecule has 42 heavy (non-hydrogen) atoms. The van der Waals surface area contributed by atoms with Crippen molar-refractivity contribution in [3.63, 3.8) is 0 Å². The highest BCUT2D eigenvalue weighted by Gasteiger charge is 2.29. The largest absolute Gasteiger partial charge is 0.394 e. The summed E-state index contributed by atoms with van der Waals surface area (Å²) in [5.74, 6) is -2.81. The van der Waals surface area contributed by atoms with E-state index in [2.05, 4.69) is 25.6 Å². The van der Waals surface area contributed by atoms with E-state index < -0.39 is 28.9 Å². The first-order chi connectivity index (χ1) is 20.4. The van der Waals surface area contributed by atoms with Gasteiger partial charge in [0, 0.05) is 39.1 Å². The molecule has 10 nitrogen and oxygen atoms in total. The molecule has 6 rings (SSSR count). The van der Waals surface area contributed by atoms with Crippen LogP contribution in [0, 0.1) is 17.5 Å². The Labute approximate surface area is 237 Å². The molecular weight excluding hydrogens is 549 g/mol. The Kier molecular flexibility index (Phi) is 7.27. The maximum atomic E-state index is 14.7. The Morgan fingerprint density at radius 1 is 1.07 bits per heavy atom. The molecule has 4 heterocycles. The zero-order chi connectivity index (χ0) is 29.4. The fourth-order valence-electron chi connectivity index (χ4n) is 5.16. The van der Waals surface area contributed by atoms with Crippen molar-refractivity contribution in [1.29, 1.82) is 0 Å². The lowest BCUT2D eigenvalue weighted by atomic mass is 10.1. The molecule has 1 unspecified atom stereocenters. The number of aliphatic hydroxyl groups is 1. The fraction of sp³-hybridized carbons (Fsp3) is 0.207. The molecule has 0 bridgehead atoms. The fourth-order valence-corrected chi connectivity index (χ4v) is 5.16. The van der Waals surface area contributed by atoms with E-state index in [1.54, 1.807) is 23.7 Å². The van der Waals surface area contributed by atoms with Crippen LogP contribution in [0.25, 0.3) is 33.8 Å². The van der Waals surface area contributed by atoms with Crippen molar-refractivity contribution in [2.24, 2.45) is 7.05 Å². The number of nitrogens with one attached hydrogen (secondary N) is 2. The summed E-state index contributed by atoms with van der Waals surface area (Å²) in [6.45, 7) is 1.43. The number of nitrogens with zero attached hydrogens (tertiary/aromatic N) is 6. The van der Waals surface area contributed by atoms with E-state index in [0.717, 1.165) is 18.3 Å². The maximum Gasteiger partial charge on any atom is 0.274 e. The predicted octanol–water partition coefficient (Wildman–Crippen LogP) is 3.53. The Bertz CT molecular complexity index is 1790. The molecule has 214 valence electrons. The van der Waals surface area contributed by atoms with E-state index in [1.807, 2.05) is 4.90 Å². The second kappa shape index (κ2) is 11.2. The van der Waals surface area contributed by atoms with Gasteiger partial charge >= 0.3 is 0 Å². The lowest BCUT2D eigenvalue weighted by Crippen LogP contribution is -2.53. The van der Waals surface area contributed by atoms with E-state index in [1.165, 1.54) is 30.6 Å². The van der Waals surface area contributed by atoms with Crippen LogP contribution in [0.2, 0.25) is 0 Å². The molecule has 1 aliphatic rings. The molecule has 3 N–H and O–H groups in total. The number of fused-ring (bicyclic) bond motifs is 1. The van der Waals surface area contributed by atoms with Gasteiger partial charge in [0.05, 0.1) is 46.9 Å². The number of amides is 1. The maximum absolute atomic E-state index is 14.7. The monoisotopic (exact) mass is 574 g/mol. The number of hydrogen-bond acceptors (Lipinski definition) is 8.